The SMILES string of the molecule is Nc1cc(NC(=O)C(C(F)(F)F)C(F)(F)F)ccc1Cl. The summed E-state index contributed by atoms with van der Waals surface area (Å²) in [5.74, 6) is -6.36. The molecule has 0 atom stereocenters. The maximum atomic E-state index is 12.3. The summed E-state index contributed by atoms with van der Waals surface area (Å²) in [7, 11) is 0. The molecular weight excluding hydrogens is 314 g/mol. The molecule has 0 saturated heterocycles. The molecular formula is C10H7ClF6N2O. The number of rotatable bonds is 2. The van der Waals surface area contributed by atoms with E-state index in [1.165, 1.54) is 5.32 Å². The van der Waals surface area contributed by atoms with Gasteiger partial charge in [-0.2, -0.15) is 26.3 Å². The van der Waals surface area contributed by atoms with Crippen molar-refractivity contribution in [1.29, 1.82) is 0 Å². The van der Waals surface area contributed by atoms with Crippen LogP contribution in [0.25, 0.3) is 0 Å². The first-order chi connectivity index (χ1) is 8.93. The monoisotopic (exact) mass is 320 g/mol. The maximum Gasteiger partial charge on any atom is 0.409 e. The van der Waals surface area contributed by atoms with E-state index in [2.05, 4.69) is 0 Å². The first kappa shape index (κ1) is 16.4. The van der Waals surface area contributed by atoms with Gasteiger partial charge in [0.15, 0.2) is 0 Å². The van der Waals surface area contributed by atoms with Gasteiger partial charge in [0, 0.05) is 5.69 Å². The lowest BCUT2D eigenvalue weighted by Crippen LogP contribution is -2.45. The minimum absolute atomic E-state index is 0.0474. The average molecular weight is 321 g/mol. The fourth-order valence-corrected chi connectivity index (χ4v) is 1.44. The Balaban J connectivity index is 3.00. The van der Waals surface area contributed by atoms with Gasteiger partial charge in [-0.05, 0) is 18.2 Å². The van der Waals surface area contributed by atoms with E-state index in [4.69, 9.17) is 17.3 Å². The standard InChI is InChI=1S/C10H7ClF6N2O/c11-5-2-1-4(3-6(5)18)19-8(20)7(9(12,13)14)10(15,16)17/h1-3,7H,18H2,(H,19,20). The van der Waals surface area contributed by atoms with Crippen molar-refractivity contribution < 1.29 is 31.1 Å². The van der Waals surface area contributed by atoms with Crippen molar-refractivity contribution in [3.05, 3.63) is 23.2 Å². The molecule has 0 aromatic heterocycles. The molecule has 20 heavy (non-hydrogen) atoms. The topological polar surface area (TPSA) is 55.1 Å². The quantitative estimate of drug-likeness (QED) is 0.646. The Bertz CT molecular complexity index is 499. The van der Waals surface area contributed by atoms with E-state index in [9.17, 15) is 31.1 Å². The molecule has 0 unspecified atom stereocenters. The van der Waals surface area contributed by atoms with E-state index in [0.29, 0.717) is 0 Å². The van der Waals surface area contributed by atoms with E-state index < -0.39 is 24.2 Å². The van der Waals surface area contributed by atoms with Crippen molar-refractivity contribution in [2.24, 2.45) is 5.92 Å². The summed E-state index contributed by atoms with van der Waals surface area (Å²) >= 11 is 5.53. The molecule has 0 fully saturated rings. The highest BCUT2D eigenvalue weighted by Crippen LogP contribution is 2.40. The van der Waals surface area contributed by atoms with Crippen LogP contribution in [-0.4, -0.2) is 18.3 Å². The van der Waals surface area contributed by atoms with Crippen LogP contribution in [0.3, 0.4) is 0 Å². The van der Waals surface area contributed by atoms with Crippen LogP contribution in [0.4, 0.5) is 37.7 Å². The minimum Gasteiger partial charge on any atom is -0.397 e. The number of nitrogen functional groups attached to an aromatic ring is 1. The number of hydrogen-bond donors (Lipinski definition) is 2. The number of benzene rings is 1. The van der Waals surface area contributed by atoms with E-state index in [-0.39, 0.29) is 16.4 Å². The molecule has 1 rings (SSSR count). The van der Waals surface area contributed by atoms with Crippen LogP contribution in [-0.2, 0) is 4.79 Å². The summed E-state index contributed by atoms with van der Waals surface area (Å²) in [6.45, 7) is 0. The maximum absolute atomic E-state index is 12.3. The number of hydrogen-bond acceptors (Lipinski definition) is 2. The van der Waals surface area contributed by atoms with Gasteiger partial charge in [0.25, 0.3) is 0 Å². The van der Waals surface area contributed by atoms with Gasteiger partial charge in [0.2, 0.25) is 11.8 Å². The second-order valence-corrected chi connectivity index (χ2v) is 4.15. The van der Waals surface area contributed by atoms with Crippen LogP contribution < -0.4 is 11.1 Å². The Kier molecular flexibility index (Phi) is 4.42. The summed E-state index contributed by atoms with van der Waals surface area (Å²) in [4.78, 5) is 11.2. The zero-order valence-corrected chi connectivity index (χ0v) is 10.2. The van der Waals surface area contributed by atoms with Crippen LogP contribution in [0.1, 0.15) is 0 Å². The number of carbonyl (C=O) groups is 1. The van der Waals surface area contributed by atoms with Crippen molar-refractivity contribution in [3.8, 4) is 0 Å². The van der Waals surface area contributed by atoms with Crippen molar-refractivity contribution in [3.63, 3.8) is 0 Å². The molecule has 0 heterocycles. The van der Waals surface area contributed by atoms with Crippen molar-refractivity contribution >= 4 is 28.9 Å². The fourth-order valence-electron chi connectivity index (χ4n) is 1.32. The molecule has 1 aromatic carbocycles. The Hall–Kier alpha value is -1.64. The van der Waals surface area contributed by atoms with E-state index in [0.717, 1.165) is 18.2 Å². The lowest BCUT2D eigenvalue weighted by Gasteiger charge is -2.22. The molecule has 0 radical (unpaired) electrons. The van der Waals surface area contributed by atoms with E-state index in [1.54, 1.807) is 0 Å². The molecule has 0 spiro atoms. The Morgan fingerprint density at radius 3 is 2.05 bits per heavy atom. The number of nitrogens with one attached hydrogen (secondary N) is 1. The molecule has 10 heteroatoms. The number of alkyl halides is 6. The van der Waals surface area contributed by atoms with E-state index >= 15 is 0 Å². The molecule has 112 valence electrons. The van der Waals surface area contributed by atoms with Gasteiger partial charge >= 0.3 is 12.4 Å². The second kappa shape index (κ2) is 5.39. The smallest absolute Gasteiger partial charge is 0.397 e. The van der Waals surface area contributed by atoms with Crippen LogP contribution in [0.5, 0.6) is 0 Å². The van der Waals surface area contributed by atoms with E-state index in [1.807, 2.05) is 0 Å². The highest BCUT2D eigenvalue weighted by Gasteiger charge is 2.61. The largest absolute Gasteiger partial charge is 0.409 e. The number of nitrogens with two attached hydrogens (primary N) is 1. The van der Waals surface area contributed by atoms with Gasteiger partial charge in [-0.3, -0.25) is 4.79 Å². The highest BCUT2D eigenvalue weighted by molar-refractivity contribution is 6.33. The second-order valence-electron chi connectivity index (χ2n) is 3.74. The summed E-state index contributed by atoms with van der Waals surface area (Å²) in [5.41, 5.74) is 4.90. The lowest BCUT2D eigenvalue weighted by molar-refractivity contribution is -0.272. The average Bonchev–Trinajstić information content (AvgIpc) is 2.18. The zero-order valence-electron chi connectivity index (χ0n) is 9.44. The Morgan fingerprint density at radius 2 is 1.65 bits per heavy atom. The Labute approximate surface area is 113 Å². The molecule has 1 aromatic rings. The van der Waals surface area contributed by atoms with Crippen LogP contribution in [0, 0.1) is 5.92 Å². The van der Waals surface area contributed by atoms with Gasteiger partial charge in [-0.1, -0.05) is 11.6 Å². The van der Waals surface area contributed by atoms with Crippen molar-refractivity contribution in [1.82, 2.24) is 0 Å². The third-order valence-corrected chi connectivity index (χ3v) is 2.52. The first-order valence-electron chi connectivity index (χ1n) is 4.92. The molecule has 3 N–H and O–H groups in total. The van der Waals surface area contributed by atoms with Gasteiger partial charge in [-0.15, -0.1) is 0 Å². The predicted octanol–water partition coefficient (Wildman–Crippen LogP) is 3.60. The third-order valence-electron chi connectivity index (χ3n) is 2.18. The van der Waals surface area contributed by atoms with Crippen LogP contribution >= 0.6 is 11.6 Å². The molecule has 0 aliphatic rings. The summed E-state index contributed by atoms with van der Waals surface area (Å²) in [6.07, 6.45) is -11.5. The Morgan fingerprint density at radius 1 is 1.15 bits per heavy atom. The first-order valence-corrected chi connectivity index (χ1v) is 5.30. The highest BCUT2D eigenvalue weighted by atomic mass is 35.5. The molecule has 0 bridgehead atoms. The van der Waals surface area contributed by atoms with Crippen LogP contribution in [0.15, 0.2) is 18.2 Å². The third kappa shape index (κ3) is 3.92. The molecule has 0 aliphatic carbocycles. The van der Waals surface area contributed by atoms with Gasteiger partial charge in [-0.25, -0.2) is 0 Å². The van der Waals surface area contributed by atoms with Gasteiger partial charge < -0.3 is 11.1 Å². The van der Waals surface area contributed by atoms with Crippen molar-refractivity contribution in [2.75, 3.05) is 11.1 Å². The van der Waals surface area contributed by atoms with Gasteiger partial charge in [0.05, 0.1) is 10.7 Å². The number of carbonyl (C=O) groups excluding carboxylic acids is 1. The van der Waals surface area contributed by atoms with Gasteiger partial charge in [0.1, 0.15) is 0 Å². The summed E-state index contributed by atoms with van der Waals surface area (Å²) in [6, 6.07) is 3.10. The molecule has 3 nitrogen and oxygen atoms in total. The minimum atomic E-state index is -5.75. The number of anilines is 2. The zero-order chi connectivity index (χ0) is 15.7. The summed E-state index contributed by atoms with van der Waals surface area (Å²) < 4.78 is 73.7. The normalized spacial score (nSPS) is 12.6. The lowest BCUT2D eigenvalue weighted by atomic mass is 10.1. The molecule has 0 saturated carbocycles. The predicted molar refractivity (Wildman–Crippen MR) is 60.1 cm³/mol. The number of halogens is 7. The molecule has 1 amide bonds. The van der Waals surface area contributed by atoms with Crippen molar-refractivity contribution in [2.45, 2.75) is 12.4 Å². The number of amides is 1. The van der Waals surface area contributed by atoms with Crippen LogP contribution in [0.2, 0.25) is 5.02 Å². The summed E-state index contributed by atoms with van der Waals surface area (Å²) in [5, 5.41) is 1.55. The fraction of sp³-hybridized carbons (Fsp3) is 0.300. The molecule has 0 aliphatic heterocycles.